The van der Waals surface area contributed by atoms with Gasteiger partial charge < -0.3 is 0 Å². The molecular weight excluding hydrogens is 244 g/mol. The Morgan fingerprint density at radius 3 is 2.56 bits per heavy atom. The second-order valence-corrected chi connectivity index (χ2v) is 6.45. The fourth-order valence-corrected chi connectivity index (χ4v) is 2.74. The SMILES string of the molecule is CC(C)CSCC(Cc1ccn(C(C)C)n1)NN. The van der Waals surface area contributed by atoms with Crippen molar-refractivity contribution in [2.75, 3.05) is 11.5 Å². The predicted molar refractivity (Wildman–Crippen MR) is 79.6 cm³/mol. The van der Waals surface area contributed by atoms with E-state index in [0.29, 0.717) is 12.1 Å². The fourth-order valence-electron chi connectivity index (χ4n) is 1.64. The molecule has 0 bridgehead atoms. The summed E-state index contributed by atoms with van der Waals surface area (Å²) in [6, 6.07) is 2.79. The molecule has 5 heteroatoms. The number of rotatable bonds is 8. The zero-order valence-corrected chi connectivity index (χ0v) is 12.7. The van der Waals surface area contributed by atoms with Gasteiger partial charge in [0.05, 0.1) is 5.69 Å². The highest BCUT2D eigenvalue weighted by atomic mass is 32.2. The van der Waals surface area contributed by atoms with Crippen molar-refractivity contribution in [3.8, 4) is 0 Å². The largest absolute Gasteiger partial charge is 0.271 e. The van der Waals surface area contributed by atoms with Crippen LogP contribution in [0.5, 0.6) is 0 Å². The number of nitrogens with zero attached hydrogens (tertiary/aromatic N) is 2. The molecule has 0 spiro atoms. The van der Waals surface area contributed by atoms with Crippen LogP contribution in [0.25, 0.3) is 0 Å². The van der Waals surface area contributed by atoms with Crippen LogP contribution in [0.3, 0.4) is 0 Å². The van der Waals surface area contributed by atoms with Gasteiger partial charge in [-0.1, -0.05) is 13.8 Å². The summed E-state index contributed by atoms with van der Waals surface area (Å²) >= 11 is 1.95. The lowest BCUT2D eigenvalue weighted by Crippen LogP contribution is -2.39. The van der Waals surface area contributed by atoms with Crippen LogP contribution in [-0.4, -0.2) is 27.3 Å². The minimum Gasteiger partial charge on any atom is -0.271 e. The number of aromatic nitrogens is 2. The van der Waals surface area contributed by atoms with Crippen molar-refractivity contribution in [1.82, 2.24) is 15.2 Å². The average Bonchev–Trinajstić information content (AvgIpc) is 2.76. The van der Waals surface area contributed by atoms with Crippen molar-refractivity contribution >= 4 is 11.8 Å². The Labute approximate surface area is 115 Å². The highest BCUT2D eigenvalue weighted by Gasteiger charge is 2.11. The molecule has 4 nitrogen and oxygen atoms in total. The number of hydrogen-bond donors (Lipinski definition) is 2. The normalized spacial score (nSPS) is 13.5. The molecule has 0 saturated heterocycles. The van der Waals surface area contributed by atoms with Crippen LogP contribution in [0.4, 0.5) is 0 Å². The maximum absolute atomic E-state index is 5.61. The highest BCUT2D eigenvalue weighted by Crippen LogP contribution is 2.12. The second-order valence-electron chi connectivity index (χ2n) is 5.38. The van der Waals surface area contributed by atoms with Crippen LogP contribution < -0.4 is 11.3 Å². The lowest BCUT2D eigenvalue weighted by molar-refractivity contribution is 0.513. The van der Waals surface area contributed by atoms with Gasteiger partial charge in [0, 0.05) is 30.5 Å². The van der Waals surface area contributed by atoms with Crippen LogP contribution in [0.15, 0.2) is 12.3 Å². The topological polar surface area (TPSA) is 55.9 Å². The quantitative estimate of drug-likeness (QED) is 0.562. The first-order valence-electron chi connectivity index (χ1n) is 6.60. The average molecular weight is 270 g/mol. The fraction of sp³-hybridized carbons (Fsp3) is 0.769. The Balaban J connectivity index is 2.41. The van der Waals surface area contributed by atoms with E-state index in [1.165, 1.54) is 5.75 Å². The van der Waals surface area contributed by atoms with Gasteiger partial charge in [0.1, 0.15) is 0 Å². The third-order valence-electron chi connectivity index (χ3n) is 2.65. The van der Waals surface area contributed by atoms with Crippen molar-refractivity contribution in [1.29, 1.82) is 0 Å². The van der Waals surface area contributed by atoms with E-state index in [1.807, 2.05) is 22.6 Å². The van der Waals surface area contributed by atoms with Gasteiger partial charge in [0.15, 0.2) is 0 Å². The molecule has 0 fully saturated rings. The van der Waals surface area contributed by atoms with E-state index in [1.54, 1.807) is 0 Å². The minimum atomic E-state index is 0.296. The lowest BCUT2D eigenvalue weighted by Gasteiger charge is -2.15. The Hall–Kier alpha value is -0.520. The van der Waals surface area contributed by atoms with Crippen molar-refractivity contribution < 1.29 is 0 Å². The van der Waals surface area contributed by atoms with Gasteiger partial charge in [0.25, 0.3) is 0 Å². The van der Waals surface area contributed by atoms with Crippen LogP contribution in [0.1, 0.15) is 39.4 Å². The van der Waals surface area contributed by atoms with Gasteiger partial charge in [0.2, 0.25) is 0 Å². The van der Waals surface area contributed by atoms with E-state index in [-0.39, 0.29) is 0 Å². The summed E-state index contributed by atoms with van der Waals surface area (Å²) < 4.78 is 1.99. The molecular formula is C13H26N4S. The van der Waals surface area contributed by atoms with Crippen molar-refractivity contribution in [2.45, 2.75) is 46.2 Å². The zero-order valence-electron chi connectivity index (χ0n) is 11.9. The molecule has 0 amide bonds. The Morgan fingerprint density at radius 2 is 2.06 bits per heavy atom. The highest BCUT2D eigenvalue weighted by molar-refractivity contribution is 7.99. The monoisotopic (exact) mass is 270 g/mol. The van der Waals surface area contributed by atoms with Crippen LogP contribution >= 0.6 is 11.8 Å². The van der Waals surface area contributed by atoms with E-state index in [0.717, 1.165) is 23.8 Å². The molecule has 0 radical (unpaired) electrons. The summed E-state index contributed by atoms with van der Waals surface area (Å²) in [6.07, 6.45) is 2.93. The summed E-state index contributed by atoms with van der Waals surface area (Å²) in [5.74, 6) is 8.55. The van der Waals surface area contributed by atoms with E-state index in [2.05, 4.69) is 44.3 Å². The molecule has 3 N–H and O–H groups in total. The van der Waals surface area contributed by atoms with Crippen molar-refractivity contribution in [2.24, 2.45) is 11.8 Å². The summed E-state index contributed by atoms with van der Waals surface area (Å²) in [5, 5.41) is 4.55. The molecule has 0 aliphatic rings. The Bertz CT molecular complexity index is 335. The van der Waals surface area contributed by atoms with Gasteiger partial charge in [-0.3, -0.25) is 16.0 Å². The molecule has 1 unspecified atom stereocenters. The maximum Gasteiger partial charge on any atom is 0.0641 e. The van der Waals surface area contributed by atoms with Crippen molar-refractivity contribution in [3.05, 3.63) is 18.0 Å². The van der Waals surface area contributed by atoms with Gasteiger partial charge in [-0.05, 0) is 31.6 Å². The summed E-state index contributed by atoms with van der Waals surface area (Å²) in [7, 11) is 0. The molecule has 0 saturated carbocycles. The van der Waals surface area contributed by atoms with Crippen LogP contribution in [0.2, 0.25) is 0 Å². The lowest BCUT2D eigenvalue weighted by atomic mass is 10.2. The number of nitrogens with two attached hydrogens (primary N) is 1. The molecule has 18 heavy (non-hydrogen) atoms. The van der Waals surface area contributed by atoms with Crippen LogP contribution in [-0.2, 0) is 6.42 Å². The smallest absolute Gasteiger partial charge is 0.0641 e. The first-order valence-corrected chi connectivity index (χ1v) is 7.76. The van der Waals surface area contributed by atoms with Gasteiger partial charge in [-0.15, -0.1) is 0 Å². The number of thioether (sulfide) groups is 1. The molecule has 0 aromatic carbocycles. The maximum atomic E-state index is 5.61. The standard InChI is InChI=1S/C13H26N4S/c1-10(2)8-18-9-13(15-14)7-12-5-6-17(16-12)11(3)4/h5-6,10-11,13,15H,7-9,14H2,1-4H3. The molecule has 1 aromatic rings. The molecule has 1 atom stereocenters. The third kappa shape index (κ3) is 5.42. The van der Waals surface area contributed by atoms with E-state index in [9.17, 15) is 0 Å². The van der Waals surface area contributed by atoms with Crippen molar-refractivity contribution in [3.63, 3.8) is 0 Å². The predicted octanol–water partition coefficient (Wildman–Crippen LogP) is 2.23. The first kappa shape index (κ1) is 15.5. The van der Waals surface area contributed by atoms with Crippen LogP contribution in [0, 0.1) is 5.92 Å². The Kier molecular flexibility index (Phi) is 6.75. The van der Waals surface area contributed by atoms with Gasteiger partial charge in [-0.2, -0.15) is 16.9 Å². The number of hydrogen-bond acceptors (Lipinski definition) is 4. The van der Waals surface area contributed by atoms with E-state index >= 15 is 0 Å². The van der Waals surface area contributed by atoms with E-state index in [4.69, 9.17) is 5.84 Å². The third-order valence-corrected chi connectivity index (χ3v) is 4.19. The Morgan fingerprint density at radius 1 is 1.33 bits per heavy atom. The van der Waals surface area contributed by atoms with Gasteiger partial charge >= 0.3 is 0 Å². The summed E-state index contributed by atoms with van der Waals surface area (Å²) in [5.41, 5.74) is 4.00. The van der Waals surface area contributed by atoms with E-state index < -0.39 is 0 Å². The number of hydrazine groups is 1. The zero-order chi connectivity index (χ0) is 13.5. The molecule has 1 aromatic heterocycles. The summed E-state index contributed by atoms with van der Waals surface area (Å²) in [6.45, 7) is 8.74. The molecule has 0 aliphatic carbocycles. The molecule has 1 rings (SSSR count). The first-order chi connectivity index (χ1) is 8.52. The number of nitrogens with one attached hydrogen (secondary N) is 1. The second kappa shape index (κ2) is 7.81. The minimum absolute atomic E-state index is 0.296. The molecule has 0 aliphatic heterocycles. The molecule has 104 valence electrons. The van der Waals surface area contributed by atoms with Gasteiger partial charge in [-0.25, -0.2) is 0 Å². The summed E-state index contributed by atoms with van der Waals surface area (Å²) in [4.78, 5) is 0. The molecule has 1 heterocycles.